The van der Waals surface area contributed by atoms with Gasteiger partial charge in [-0.05, 0) is 0 Å². The van der Waals surface area contributed by atoms with E-state index in [0.717, 1.165) is 3.70 Å². The summed E-state index contributed by atoms with van der Waals surface area (Å²) in [4.78, 5) is 7.61. The van der Waals surface area contributed by atoms with E-state index < -0.39 is 0 Å². The third-order valence-electron chi connectivity index (χ3n) is 0.555. The van der Waals surface area contributed by atoms with Crippen LogP contribution in [0, 0.1) is 3.70 Å². The van der Waals surface area contributed by atoms with Gasteiger partial charge in [-0.3, -0.25) is 0 Å². The van der Waals surface area contributed by atoms with Gasteiger partial charge in [-0.15, -0.1) is 0 Å². The van der Waals surface area contributed by atoms with E-state index in [0.29, 0.717) is 0 Å². The molecule has 2 nitrogen and oxygen atoms in total. The maximum atomic E-state index is 3.87. The van der Waals surface area contributed by atoms with Crippen LogP contribution in [0.5, 0.6) is 0 Å². The van der Waals surface area contributed by atoms with Crippen molar-refractivity contribution in [2.75, 3.05) is 0 Å². The molecule has 0 bridgehead atoms. The van der Waals surface area contributed by atoms with E-state index >= 15 is 0 Å². The lowest BCUT2D eigenvalue weighted by Crippen LogP contribution is -3.34. The lowest BCUT2D eigenvalue weighted by Gasteiger charge is -1.72. The van der Waals surface area contributed by atoms with Gasteiger partial charge in [0.25, 0.3) is 3.70 Å². The highest BCUT2D eigenvalue weighted by Crippen LogP contribution is 1.67. The first-order valence-electron chi connectivity index (χ1n) is 1.82. The first-order valence-corrected chi connectivity index (χ1v) is 2.99. The van der Waals surface area contributed by atoms with Crippen molar-refractivity contribution in [2.45, 2.75) is 0 Å². The van der Waals surface area contributed by atoms with Crippen molar-refractivity contribution in [1.82, 2.24) is 9.97 Å². The summed E-state index contributed by atoms with van der Waals surface area (Å²) in [6.07, 6.45) is 3.27. The summed E-state index contributed by atoms with van der Waals surface area (Å²) in [5, 5.41) is 0. The monoisotopic (exact) mass is 207 g/mol. The average molecular weight is 207 g/mol. The van der Waals surface area contributed by atoms with Gasteiger partial charge in [0, 0.05) is 12.3 Å². The number of hydrogen-bond donors (Lipinski definition) is 0. The van der Waals surface area contributed by atoms with E-state index in [1.54, 1.807) is 6.20 Å². The number of halogens is 1. The van der Waals surface area contributed by atoms with Crippen LogP contribution in [-0.4, -0.2) is 9.97 Å². The van der Waals surface area contributed by atoms with Gasteiger partial charge in [0.1, 0.15) is 6.33 Å². The van der Waals surface area contributed by atoms with Gasteiger partial charge < -0.3 is 0 Å². The Morgan fingerprint density at radius 3 is 2.71 bits per heavy atom. The highest BCUT2D eigenvalue weighted by atomic mass is 127. The van der Waals surface area contributed by atoms with Crippen LogP contribution in [0.4, 0.5) is 0 Å². The number of aromatic nitrogens is 2. The van der Waals surface area contributed by atoms with E-state index in [1.807, 2.05) is 28.7 Å². The quantitative estimate of drug-likeness (QED) is 0.333. The molecule has 1 rings (SSSR count). The van der Waals surface area contributed by atoms with Gasteiger partial charge in [-0.2, -0.15) is 4.98 Å². The van der Waals surface area contributed by atoms with E-state index in [9.17, 15) is 0 Å². The minimum Gasteiger partial charge on any atom is -0.244 e. The van der Waals surface area contributed by atoms with Gasteiger partial charge >= 0.3 is 22.6 Å². The molecule has 0 spiro atoms. The van der Waals surface area contributed by atoms with Gasteiger partial charge in [-0.1, -0.05) is 0 Å². The largest absolute Gasteiger partial charge is 0.318 e. The molecule has 7 heavy (non-hydrogen) atoms. The Bertz CT molecular complexity index is 140. The van der Waals surface area contributed by atoms with Crippen LogP contribution < -0.4 is 22.6 Å². The third kappa shape index (κ3) is 1.38. The molecule has 0 aromatic carbocycles. The highest BCUT2D eigenvalue weighted by molar-refractivity contribution is 4.73. The molecule has 0 aliphatic rings. The van der Waals surface area contributed by atoms with Crippen molar-refractivity contribution in [3.63, 3.8) is 0 Å². The molecule has 0 aliphatic heterocycles. The van der Waals surface area contributed by atoms with Crippen molar-refractivity contribution < 1.29 is 22.6 Å². The molecule has 36 valence electrons. The Kier molecular flexibility index (Phi) is 1.56. The average Bonchev–Trinajstić information content (AvgIpc) is 1.69. The van der Waals surface area contributed by atoms with Crippen LogP contribution >= 0.6 is 0 Å². The maximum absolute atomic E-state index is 3.87. The molecule has 3 heteroatoms. The zero-order valence-electron chi connectivity index (χ0n) is 3.53. The second-order valence-electron chi connectivity index (χ2n) is 1.05. The van der Waals surface area contributed by atoms with Crippen LogP contribution in [0.1, 0.15) is 0 Å². The summed E-state index contributed by atoms with van der Waals surface area (Å²) in [7, 11) is 0. The lowest BCUT2D eigenvalue weighted by atomic mass is 10.7. The number of rotatable bonds is 0. The predicted octanol–water partition coefficient (Wildman–Crippen LogP) is -3.07. The minimum absolute atomic E-state index is 1.02. The first kappa shape index (κ1) is 4.96. The van der Waals surface area contributed by atoms with Gasteiger partial charge in [0.15, 0.2) is 0 Å². The molecule has 0 saturated heterocycles. The standard InChI is InChI=1S/C4H4IN2/c5-4-1-2-6-3-7-4/h1-3,5H/q+1. The second kappa shape index (κ2) is 2.20. The minimum atomic E-state index is 1.02. The van der Waals surface area contributed by atoms with Crippen molar-refractivity contribution in [3.8, 4) is 0 Å². The Morgan fingerprint density at radius 2 is 2.43 bits per heavy atom. The van der Waals surface area contributed by atoms with E-state index in [4.69, 9.17) is 0 Å². The molecule has 0 unspecified atom stereocenters. The van der Waals surface area contributed by atoms with Crippen molar-refractivity contribution in [1.29, 1.82) is 0 Å². The molecule has 0 atom stereocenters. The summed E-state index contributed by atoms with van der Waals surface area (Å²) < 4.78 is 1.02. The molecular weight excluding hydrogens is 203 g/mol. The normalized spacial score (nSPS) is 8.71. The maximum Gasteiger partial charge on any atom is 0.318 e. The number of nitrogens with zero attached hydrogens (tertiary/aromatic N) is 2. The fourth-order valence-electron chi connectivity index (χ4n) is 0.279. The molecule has 0 radical (unpaired) electrons. The molecule has 0 saturated carbocycles. The van der Waals surface area contributed by atoms with E-state index in [-0.39, 0.29) is 0 Å². The van der Waals surface area contributed by atoms with Gasteiger partial charge in [0.05, 0.1) is 0 Å². The summed E-state index contributed by atoms with van der Waals surface area (Å²) in [6, 6.07) is 1.87. The molecule has 1 heterocycles. The summed E-state index contributed by atoms with van der Waals surface area (Å²) in [6.45, 7) is 0. The SMILES string of the molecule is [IH+]c1ccncn1. The topological polar surface area (TPSA) is 25.8 Å². The molecule has 1 aromatic heterocycles. The van der Waals surface area contributed by atoms with Crippen molar-refractivity contribution in [2.24, 2.45) is 0 Å². The van der Waals surface area contributed by atoms with Crippen LogP contribution in [-0.2, 0) is 0 Å². The van der Waals surface area contributed by atoms with Crippen molar-refractivity contribution in [3.05, 3.63) is 22.3 Å². The molecule has 0 N–H and O–H groups in total. The Labute approximate surface area is 55.1 Å². The Balaban J connectivity index is 3.02. The lowest BCUT2D eigenvalue weighted by molar-refractivity contribution is -0.337. The molecule has 0 aliphatic carbocycles. The van der Waals surface area contributed by atoms with E-state index in [1.165, 1.54) is 6.33 Å². The van der Waals surface area contributed by atoms with Crippen LogP contribution in [0.15, 0.2) is 18.6 Å². The fourth-order valence-corrected chi connectivity index (χ4v) is 0.587. The molecule has 0 fully saturated rings. The first-order chi connectivity index (χ1) is 3.39. The van der Waals surface area contributed by atoms with Crippen LogP contribution in [0.3, 0.4) is 0 Å². The second-order valence-corrected chi connectivity index (χ2v) is 2.24. The molecule has 0 amide bonds. The van der Waals surface area contributed by atoms with Crippen LogP contribution in [0.25, 0.3) is 0 Å². The Morgan fingerprint density at radius 1 is 1.57 bits per heavy atom. The van der Waals surface area contributed by atoms with Crippen molar-refractivity contribution >= 4 is 0 Å². The number of hydrogen-bond acceptors (Lipinski definition) is 2. The highest BCUT2D eigenvalue weighted by Gasteiger charge is 1.88. The Hall–Kier alpha value is -0.190. The zero-order valence-corrected chi connectivity index (χ0v) is 5.87. The summed E-state index contributed by atoms with van der Waals surface area (Å²) in [5.41, 5.74) is 0. The van der Waals surface area contributed by atoms with Gasteiger partial charge in [-0.25, -0.2) is 4.98 Å². The van der Waals surface area contributed by atoms with Crippen LogP contribution in [0.2, 0.25) is 0 Å². The fraction of sp³-hybridized carbons (Fsp3) is 0. The third-order valence-corrected chi connectivity index (χ3v) is 1.24. The van der Waals surface area contributed by atoms with Gasteiger partial charge in [0.2, 0.25) is 0 Å². The molecule has 1 aromatic rings. The summed E-state index contributed by atoms with van der Waals surface area (Å²) >= 11 is 1.87. The van der Waals surface area contributed by atoms with E-state index in [2.05, 4.69) is 9.97 Å². The predicted molar refractivity (Wildman–Crippen MR) is 22.1 cm³/mol. The smallest absolute Gasteiger partial charge is 0.244 e. The summed E-state index contributed by atoms with van der Waals surface area (Å²) in [5.74, 6) is 0. The zero-order chi connectivity index (χ0) is 5.11. The molecular formula is C4H4IN2+.